The van der Waals surface area contributed by atoms with Gasteiger partial charge in [-0.05, 0) is 25.1 Å². The highest BCUT2D eigenvalue weighted by molar-refractivity contribution is 6.31. The lowest BCUT2D eigenvalue weighted by Gasteiger charge is -2.16. The summed E-state index contributed by atoms with van der Waals surface area (Å²) < 4.78 is 1.95. The molecule has 19 heavy (non-hydrogen) atoms. The van der Waals surface area contributed by atoms with Gasteiger partial charge in [-0.15, -0.1) is 0 Å². The molecule has 0 fully saturated rings. The highest BCUT2D eigenvalue weighted by atomic mass is 35.5. The molecule has 0 bridgehead atoms. The van der Waals surface area contributed by atoms with Gasteiger partial charge in [0.2, 0.25) is 0 Å². The van der Waals surface area contributed by atoms with Gasteiger partial charge in [0.15, 0.2) is 0 Å². The van der Waals surface area contributed by atoms with Gasteiger partial charge in [0.25, 0.3) is 0 Å². The van der Waals surface area contributed by atoms with Gasteiger partial charge in [0.1, 0.15) is 0 Å². The first-order chi connectivity index (χ1) is 9.26. The monoisotopic (exact) mass is 278 g/mol. The molecule has 0 aliphatic rings. The fourth-order valence-corrected chi connectivity index (χ4v) is 2.30. The van der Waals surface area contributed by atoms with Crippen molar-refractivity contribution in [2.24, 2.45) is 0 Å². The van der Waals surface area contributed by atoms with Crippen LogP contribution in [-0.4, -0.2) is 21.3 Å². The highest BCUT2D eigenvalue weighted by Gasteiger charge is 2.18. The minimum atomic E-state index is -0.00990. The number of pyridine rings is 1. The Morgan fingerprint density at radius 2 is 2.26 bits per heavy atom. The molecular formula is C14H19ClN4. The summed E-state index contributed by atoms with van der Waals surface area (Å²) in [6, 6.07) is 3.70. The molecule has 0 saturated carbocycles. The topological polar surface area (TPSA) is 42.7 Å². The predicted octanol–water partition coefficient (Wildman–Crippen LogP) is 3.04. The smallest absolute Gasteiger partial charge is 0.0805 e. The molecular weight excluding hydrogens is 260 g/mol. The quantitative estimate of drug-likeness (QED) is 0.883. The van der Waals surface area contributed by atoms with E-state index < -0.39 is 0 Å². The van der Waals surface area contributed by atoms with Crippen LogP contribution in [0.3, 0.4) is 0 Å². The van der Waals surface area contributed by atoms with E-state index in [4.69, 9.17) is 11.6 Å². The first kappa shape index (κ1) is 14.0. The average molecular weight is 279 g/mol. The first-order valence-electron chi connectivity index (χ1n) is 6.62. The zero-order chi connectivity index (χ0) is 13.7. The van der Waals surface area contributed by atoms with Crippen molar-refractivity contribution in [1.29, 1.82) is 0 Å². The molecule has 0 aliphatic heterocycles. The summed E-state index contributed by atoms with van der Waals surface area (Å²) in [7, 11) is 0. The van der Waals surface area contributed by atoms with Crippen molar-refractivity contribution < 1.29 is 0 Å². The number of rotatable bonds is 6. The number of aromatic nitrogens is 3. The normalized spacial score (nSPS) is 12.6. The number of aryl methyl sites for hydroxylation is 1. The van der Waals surface area contributed by atoms with Crippen LogP contribution in [0.25, 0.3) is 0 Å². The zero-order valence-corrected chi connectivity index (χ0v) is 12.1. The number of nitrogens with zero attached hydrogens (tertiary/aromatic N) is 3. The van der Waals surface area contributed by atoms with Crippen LogP contribution in [0.15, 0.2) is 30.7 Å². The maximum atomic E-state index is 6.24. The standard InChI is InChI=1S/C14H19ClN4/c1-3-8-19-10-11(9-18-19)13(16-4-2)14-12(15)6-5-7-17-14/h5-7,9-10,13,16H,3-4,8H2,1-2H3. The van der Waals surface area contributed by atoms with E-state index in [2.05, 4.69) is 35.4 Å². The average Bonchev–Trinajstić information content (AvgIpc) is 2.86. The largest absolute Gasteiger partial charge is 0.305 e. The van der Waals surface area contributed by atoms with Gasteiger partial charge < -0.3 is 5.32 Å². The van der Waals surface area contributed by atoms with Gasteiger partial charge in [-0.1, -0.05) is 25.4 Å². The van der Waals surface area contributed by atoms with Crippen LogP contribution < -0.4 is 5.32 Å². The van der Waals surface area contributed by atoms with E-state index in [1.54, 1.807) is 6.20 Å². The Balaban J connectivity index is 2.31. The Kier molecular flexibility index (Phi) is 4.93. The van der Waals surface area contributed by atoms with Crippen molar-refractivity contribution in [2.45, 2.75) is 32.9 Å². The van der Waals surface area contributed by atoms with Crippen LogP contribution in [0.2, 0.25) is 5.02 Å². The molecule has 0 radical (unpaired) electrons. The second-order valence-electron chi connectivity index (χ2n) is 4.40. The van der Waals surface area contributed by atoms with Gasteiger partial charge >= 0.3 is 0 Å². The lowest BCUT2D eigenvalue weighted by molar-refractivity contribution is 0.594. The molecule has 0 aromatic carbocycles. The van der Waals surface area contributed by atoms with E-state index in [9.17, 15) is 0 Å². The molecule has 0 amide bonds. The highest BCUT2D eigenvalue weighted by Crippen LogP contribution is 2.25. The molecule has 2 rings (SSSR count). The van der Waals surface area contributed by atoms with Crippen molar-refractivity contribution >= 4 is 11.6 Å². The third-order valence-electron chi connectivity index (χ3n) is 2.91. The zero-order valence-electron chi connectivity index (χ0n) is 11.3. The summed E-state index contributed by atoms with van der Waals surface area (Å²) in [5.41, 5.74) is 1.94. The number of hydrogen-bond acceptors (Lipinski definition) is 3. The summed E-state index contributed by atoms with van der Waals surface area (Å²) in [5, 5.41) is 8.46. The molecule has 1 unspecified atom stereocenters. The van der Waals surface area contributed by atoms with Crippen molar-refractivity contribution in [2.75, 3.05) is 6.54 Å². The summed E-state index contributed by atoms with van der Waals surface area (Å²) >= 11 is 6.24. The van der Waals surface area contributed by atoms with E-state index >= 15 is 0 Å². The van der Waals surface area contributed by atoms with Crippen LogP contribution in [0.1, 0.15) is 37.6 Å². The third kappa shape index (κ3) is 3.33. The molecule has 0 spiro atoms. The maximum absolute atomic E-state index is 6.24. The summed E-state index contributed by atoms with van der Waals surface area (Å²) in [5.74, 6) is 0. The van der Waals surface area contributed by atoms with Crippen LogP contribution in [0.5, 0.6) is 0 Å². The Morgan fingerprint density at radius 1 is 1.42 bits per heavy atom. The molecule has 1 N–H and O–H groups in total. The van der Waals surface area contributed by atoms with Crippen molar-refractivity contribution in [3.8, 4) is 0 Å². The Labute approximate surface area is 118 Å². The molecule has 102 valence electrons. The number of nitrogens with one attached hydrogen (secondary N) is 1. The first-order valence-corrected chi connectivity index (χ1v) is 7.00. The molecule has 5 heteroatoms. The van der Waals surface area contributed by atoms with Crippen LogP contribution in [0.4, 0.5) is 0 Å². The fourth-order valence-electron chi connectivity index (χ4n) is 2.07. The number of hydrogen-bond donors (Lipinski definition) is 1. The van der Waals surface area contributed by atoms with E-state index in [0.717, 1.165) is 30.8 Å². The lowest BCUT2D eigenvalue weighted by atomic mass is 10.1. The summed E-state index contributed by atoms with van der Waals surface area (Å²) in [6.45, 7) is 5.98. The predicted molar refractivity (Wildman–Crippen MR) is 77.3 cm³/mol. The second kappa shape index (κ2) is 6.68. The van der Waals surface area contributed by atoms with Gasteiger partial charge in [-0.3, -0.25) is 9.67 Å². The molecule has 2 aromatic heterocycles. The van der Waals surface area contributed by atoms with Crippen molar-refractivity contribution in [3.63, 3.8) is 0 Å². The number of halogens is 1. The van der Waals surface area contributed by atoms with Crippen molar-refractivity contribution in [3.05, 3.63) is 47.0 Å². The second-order valence-corrected chi connectivity index (χ2v) is 4.81. The third-order valence-corrected chi connectivity index (χ3v) is 3.23. The van der Waals surface area contributed by atoms with E-state index in [1.807, 2.05) is 23.0 Å². The molecule has 4 nitrogen and oxygen atoms in total. The van der Waals surface area contributed by atoms with E-state index in [0.29, 0.717) is 5.02 Å². The molecule has 0 aliphatic carbocycles. The van der Waals surface area contributed by atoms with Crippen LogP contribution in [-0.2, 0) is 6.54 Å². The molecule has 0 saturated heterocycles. The van der Waals surface area contributed by atoms with Gasteiger partial charge in [0, 0.05) is 24.5 Å². The Bertz CT molecular complexity index is 524. The SMILES string of the molecule is CCCn1cc(C(NCC)c2ncccc2Cl)cn1. The summed E-state index contributed by atoms with van der Waals surface area (Å²) in [6.07, 6.45) is 6.77. The maximum Gasteiger partial charge on any atom is 0.0805 e. The minimum Gasteiger partial charge on any atom is -0.305 e. The van der Waals surface area contributed by atoms with E-state index in [1.165, 1.54) is 0 Å². The molecule has 2 aromatic rings. The summed E-state index contributed by atoms with van der Waals surface area (Å²) in [4.78, 5) is 4.40. The Hall–Kier alpha value is -1.39. The minimum absolute atomic E-state index is 0.00990. The molecule has 2 heterocycles. The van der Waals surface area contributed by atoms with Crippen molar-refractivity contribution in [1.82, 2.24) is 20.1 Å². The van der Waals surface area contributed by atoms with Crippen LogP contribution in [0, 0.1) is 0 Å². The van der Waals surface area contributed by atoms with E-state index in [-0.39, 0.29) is 6.04 Å². The Morgan fingerprint density at radius 3 is 2.95 bits per heavy atom. The van der Waals surface area contributed by atoms with Gasteiger partial charge in [0.05, 0.1) is 23.0 Å². The van der Waals surface area contributed by atoms with Gasteiger partial charge in [-0.2, -0.15) is 5.10 Å². The van der Waals surface area contributed by atoms with Crippen LogP contribution >= 0.6 is 11.6 Å². The van der Waals surface area contributed by atoms with Gasteiger partial charge in [-0.25, -0.2) is 0 Å². The molecule has 1 atom stereocenters. The lowest BCUT2D eigenvalue weighted by Crippen LogP contribution is -2.23. The fraction of sp³-hybridized carbons (Fsp3) is 0.429.